The van der Waals surface area contributed by atoms with Gasteiger partial charge in [-0.25, -0.2) is 0 Å². The van der Waals surface area contributed by atoms with Crippen molar-refractivity contribution < 1.29 is 9.90 Å². The van der Waals surface area contributed by atoms with Gasteiger partial charge in [0.25, 0.3) is 0 Å². The summed E-state index contributed by atoms with van der Waals surface area (Å²) >= 11 is 4.28. The third-order valence-electron chi connectivity index (χ3n) is 3.13. The number of amides is 1. The first-order valence-electron chi connectivity index (χ1n) is 5.52. The van der Waals surface area contributed by atoms with E-state index in [4.69, 9.17) is 5.11 Å². The number of rotatable bonds is 6. The predicted octanol–water partition coefficient (Wildman–Crippen LogP) is 1.32. The highest BCUT2D eigenvalue weighted by Gasteiger charge is 2.43. The topological polar surface area (TPSA) is 40.5 Å². The van der Waals surface area contributed by atoms with Crippen LogP contribution in [0.15, 0.2) is 0 Å². The SMILES string of the molecule is CC(O)CCN(C)C(=O)CC1(CS)CC1. The molecular formula is C11H21NO2S. The lowest BCUT2D eigenvalue weighted by molar-refractivity contribution is -0.131. The molecule has 0 aromatic carbocycles. The van der Waals surface area contributed by atoms with E-state index < -0.39 is 0 Å². The highest BCUT2D eigenvalue weighted by molar-refractivity contribution is 7.80. The Labute approximate surface area is 97.3 Å². The molecule has 1 rings (SSSR count). The Morgan fingerprint density at radius 1 is 1.60 bits per heavy atom. The lowest BCUT2D eigenvalue weighted by Gasteiger charge is -2.20. The van der Waals surface area contributed by atoms with Crippen molar-refractivity contribution in [2.24, 2.45) is 5.41 Å². The lowest BCUT2D eigenvalue weighted by Crippen LogP contribution is -2.31. The fraction of sp³-hybridized carbons (Fsp3) is 0.909. The van der Waals surface area contributed by atoms with Crippen LogP contribution in [0.3, 0.4) is 0 Å². The molecule has 0 saturated heterocycles. The molecule has 1 amide bonds. The first kappa shape index (κ1) is 12.8. The van der Waals surface area contributed by atoms with E-state index in [0.717, 1.165) is 18.6 Å². The van der Waals surface area contributed by atoms with Gasteiger partial charge in [-0.15, -0.1) is 0 Å². The maximum atomic E-state index is 11.8. The molecule has 1 atom stereocenters. The summed E-state index contributed by atoms with van der Waals surface area (Å²) in [5.41, 5.74) is 0.194. The van der Waals surface area contributed by atoms with Crippen LogP contribution in [-0.2, 0) is 4.79 Å². The van der Waals surface area contributed by atoms with E-state index in [1.165, 1.54) is 0 Å². The molecule has 15 heavy (non-hydrogen) atoms. The summed E-state index contributed by atoms with van der Waals surface area (Å²) in [6.45, 7) is 2.38. The van der Waals surface area contributed by atoms with Crippen molar-refractivity contribution in [1.82, 2.24) is 4.90 Å². The number of thiol groups is 1. The maximum absolute atomic E-state index is 11.8. The molecule has 1 saturated carbocycles. The Kier molecular flexibility index (Phi) is 4.46. The van der Waals surface area contributed by atoms with E-state index >= 15 is 0 Å². The Balaban J connectivity index is 2.27. The highest BCUT2D eigenvalue weighted by atomic mass is 32.1. The zero-order chi connectivity index (χ0) is 11.5. The van der Waals surface area contributed by atoms with Gasteiger partial charge in [-0.05, 0) is 37.4 Å². The Bertz CT molecular complexity index is 227. The van der Waals surface area contributed by atoms with Crippen LogP contribution < -0.4 is 0 Å². The molecular weight excluding hydrogens is 210 g/mol. The van der Waals surface area contributed by atoms with Gasteiger partial charge >= 0.3 is 0 Å². The monoisotopic (exact) mass is 231 g/mol. The Hall–Kier alpha value is -0.220. The molecule has 0 aromatic rings. The van der Waals surface area contributed by atoms with E-state index in [0.29, 0.717) is 19.4 Å². The molecule has 3 nitrogen and oxygen atoms in total. The van der Waals surface area contributed by atoms with Crippen LogP contribution in [0.5, 0.6) is 0 Å². The predicted molar refractivity (Wildman–Crippen MR) is 64.1 cm³/mol. The number of aliphatic hydroxyl groups excluding tert-OH is 1. The van der Waals surface area contributed by atoms with Crippen LogP contribution in [0.4, 0.5) is 0 Å². The minimum atomic E-state index is -0.333. The first-order chi connectivity index (χ1) is 6.99. The van der Waals surface area contributed by atoms with Crippen molar-refractivity contribution in [2.45, 2.75) is 38.7 Å². The molecule has 1 aliphatic rings. The molecule has 1 aliphatic carbocycles. The van der Waals surface area contributed by atoms with Crippen molar-refractivity contribution in [3.05, 3.63) is 0 Å². The molecule has 0 aliphatic heterocycles. The maximum Gasteiger partial charge on any atom is 0.222 e. The molecule has 1 fully saturated rings. The second-order valence-electron chi connectivity index (χ2n) is 4.79. The van der Waals surface area contributed by atoms with Gasteiger partial charge in [0.15, 0.2) is 0 Å². The van der Waals surface area contributed by atoms with E-state index in [1.54, 1.807) is 18.9 Å². The fourth-order valence-corrected chi connectivity index (χ4v) is 1.96. The molecule has 0 aromatic heterocycles. The van der Waals surface area contributed by atoms with Gasteiger partial charge in [-0.3, -0.25) is 4.79 Å². The minimum absolute atomic E-state index is 0.183. The first-order valence-corrected chi connectivity index (χ1v) is 6.15. The van der Waals surface area contributed by atoms with E-state index in [1.807, 2.05) is 0 Å². The van der Waals surface area contributed by atoms with Crippen LogP contribution in [0, 0.1) is 5.41 Å². The second-order valence-corrected chi connectivity index (χ2v) is 5.10. The van der Waals surface area contributed by atoms with Crippen molar-refractivity contribution in [3.8, 4) is 0 Å². The third-order valence-corrected chi connectivity index (χ3v) is 3.80. The standard InChI is InChI=1S/C11H21NO2S/c1-9(13)3-6-12(2)10(14)7-11(8-15)4-5-11/h9,13,15H,3-8H2,1-2H3. The molecule has 0 heterocycles. The van der Waals surface area contributed by atoms with Crippen molar-refractivity contribution >= 4 is 18.5 Å². The summed E-state index contributed by atoms with van der Waals surface area (Å²) < 4.78 is 0. The fourth-order valence-electron chi connectivity index (χ4n) is 1.53. The van der Waals surface area contributed by atoms with Gasteiger partial charge in [-0.2, -0.15) is 12.6 Å². The van der Waals surface area contributed by atoms with Gasteiger partial charge in [0, 0.05) is 20.0 Å². The van der Waals surface area contributed by atoms with Gasteiger partial charge in [0.05, 0.1) is 6.10 Å². The van der Waals surface area contributed by atoms with Crippen LogP contribution in [0.1, 0.15) is 32.6 Å². The normalized spacial score (nSPS) is 19.7. The van der Waals surface area contributed by atoms with Crippen molar-refractivity contribution in [1.29, 1.82) is 0 Å². The summed E-state index contributed by atoms with van der Waals surface area (Å²) in [5, 5.41) is 9.12. The number of aliphatic hydroxyl groups is 1. The number of hydrogen-bond acceptors (Lipinski definition) is 3. The van der Waals surface area contributed by atoms with Crippen LogP contribution in [0.2, 0.25) is 0 Å². The molecule has 0 radical (unpaired) electrons. The third kappa shape index (κ3) is 4.03. The van der Waals surface area contributed by atoms with E-state index in [2.05, 4.69) is 12.6 Å². The lowest BCUT2D eigenvalue weighted by atomic mass is 10.0. The number of nitrogens with zero attached hydrogens (tertiary/aromatic N) is 1. The largest absolute Gasteiger partial charge is 0.393 e. The van der Waals surface area contributed by atoms with Gasteiger partial charge in [0.1, 0.15) is 0 Å². The van der Waals surface area contributed by atoms with E-state index in [-0.39, 0.29) is 17.4 Å². The summed E-state index contributed by atoms with van der Waals surface area (Å²) in [6, 6.07) is 0. The van der Waals surface area contributed by atoms with Gasteiger partial charge in [0.2, 0.25) is 5.91 Å². The zero-order valence-corrected chi connectivity index (χ0v) is 10.5. The highest BCUT2D eigenvalue weighted by Crippen LogP contribution is 2.49. The van der Waals surface area contributed by atoms with Crippen molar-refractivity contribution in [3.63, 3.8) is 0 Å². The number of carbonyl (C=O) groups excluding carboxylic acids is 1. The average Bonchev–Trinajstić information content (AvgIpc) is 2.94. The average molecular weight is 231 g/mol. The summed E-state index contributed by atoms with van der Waals surface area (Å²) in [5.74, 6) is 0.991. The molecule has 1 N–H and O–H groups in total. The van der Waals surface area contributed by atoms with Gasteiger partial charge < -0.3 is 10.0 Å². The molecule has 4 heteroatoms. The second kappa shape index (κ2) is 5.21. The van der Waals surface area contributed by atoms with E-state index in [9.17, 15) is 4.79 Å². The number of carbonyl (C=O) groups is 1. The summed E-state index contributed by atoms with van der Waals surface area (Å²) in [7, 11) is 1.80. The zero-order valence-electron chi connectivity index (χ0n) is 9.57. The summed E-state index contributed by atoms with van der Waals surface area (Å²) in [6.07, 6.45) is 3.20. The summed E-state index contributed by atoms with van der Waals surface area (Å²) in [4.78, 5) is 13.5. The Morgan fingerprint density at radius 3 is 2.60 bits per heavy atom. The quantitative estimate of drug-likeness (QED) is 0.677. The molecule has 88 valence electrons. The van der Waals surface area contributed by atoms with Crippen molar-refractivity contribution in [2.75, 3.05) is 19.3 Å². The molecule has 1 unspecified atom stereocenters. The molecule has 0 spiro atoms. The Morgan fingerprint density at radius 2 is 2.20 bits per heavy atom. The smallest absolute Gasteiger partial charge is 0.222 e. The van der Waals surface area contributed by atoms with Gasteiger partial charge in [-0.1, -0.05) is 0 Å². The minimum Gasteiger partial charge on any atom is -0.393 e. The van der Waals surface area contributed by atoms with Crippen LogP contribution in [-0.4, -0.2) is 41.4 Å². The van der Waals surface area contributed by atoms with Crippen LogP contribution in [0.25, 0.3) is 0 Å². The molecule has 0 bridgehead atoms. The number of hydrogen-bond donors (Lipinski definition) is 2. The van der Waals surface area contributed by atoms with Crippen LogP contribution >= 0.6 is 12.6 Å².